The molecular formula is C17H25N3O3. The van der Waals surface area contributed by atoms with E-state index >= 15 is 0 Å². The molecule has 3 atom stereocenters. The maximum absolute atomic E-state index is 12.4. The van der Waals surface area contributed by atoms with Crippen molar-refractivity contribution in [3.8, 4) is 0 Å². The van der Waals surface area contributed by atoms with Crippen LogP contribution in [-0.4, -0.2) is 80.0 Å². The van der Waals surface area contributed by atoms with E-state index in [1.54, 1.807) is 0 Å². The second-order valence-electron chi connectivity index (χ2n) is 6.73. The van der Waals surface area contributed by atoms with Gasteiger partial charge < -0.3 is 19.9 Å². The lowest BCUT2D eigenvalue weighted by Crippen LogP contribution is -2.51. The monoisotopic (exact) mass is 319 g/mol. The summed E-state index contributed by atoms with van der Waals surface area (Å²) in [6.07, 6.45) is 7.06. The largest absolute Gasteiger partial charge is 0.362 e. The van der Waals surface area contributed by atoms with Crippen LogP contribution in [0.25, 0.3) is 0 Å². The second-order valence-corrected chi connectivity index (χ2v) is 6.73. The van der Waals surface area contributed by atoms with Gasteiger partial charge in [0.25, 0.3) is 0 Å². The van der Waals surface area contributed by atoms with Gasteiger partial charge in [-0.2, -0.15) is 0 Å². The van der Waals surface area contributed by atoms with E-state index in [-0.39, 0.29) is 30.4 Å². The van der Waals surface area contributed by atoms with Crippen molar-refractivity contribution < 1.29 is 14.3 Å². The third kappa shape index (κ3) is 3.88. The minimum atomic E-state index is -0.217. The maximum Gasteiger partial charge on any atom is 0.246 e. The van der Waals surface area contributed by atoms with Crippen LogP contribution in [-0.2, 0) is 14.3 Å². The Morgan fingerprint density at radius 2 is 2.30 bits per heavy atom. The fraction of sp³-hybridized carbons (Fsp3) is 0.647. The highest BCUT2D eigenvalue weighted by Crippen LogP contribution is 2.19. The Kier molecular flexibility index (Phi) is 4.94. The molecule has 1 amide bonds. The minimum Gasteiger partial charge on any atom is -0.362 e. The fourth-order valence-electron chi connectivity index (χ4n) is 3.37. The zero-order valence-corrected chi connectivity index (χ0v) is 13.8. The van der Waals surface area contributed by atoms with Gasteiger partial charge in [0.2, 0.25) is 5.91 Å². The van der Waals surface area contributed by atoms with E-state index < -0.39 is 0 Å². The zero-order chi connectivity index (χ0) is 16.4. The lowest BCUT2D eigenvalue weighted by molar-refractivity contribution is -0.133. The van der Waals surface area contributed by atoms with Crippen molar-refractivity contribution in [2.75, 3.05) is 40.3 Å². The number of hydrogen-bond acceptors (Lipinski definition) is 5. The van der Waals surface area contributed by atoms with Crippen LogP contribution in [0.4, 0.5) is 0 Å². The van der Waals surface area contributed by atoms with E-state index in [4.69, 9.17) is 4.74 Å². The number of Topliss-reactive ketones (excluding diaryl/α,β-unsaturated/α-hetero) is 1. The zero-order valence-electron chi connectivity index (χ0n) is 13.8. The molecule has 1 N–H and O–H groups in total. The number of morpholine rings is 1. The summed E-state index contributed by atoms with van der Waals surface area (Å²) in [6.45, 7) is 2.97. The molecule has 126 valence electrons. The van der Waals surface area contributed by atoms with Gasteiger partial charge in [-0.25, -0.2) is 0 Å². The summed E-state index contributed by atoms with van der Waals surface area (Å²) in [7, 11) is 4.21. The Hall–Kier alpha value is -1.50. The van der Waals surface area contributed by atoms with E-state index in [1.807, 2.05) is 18.2 Å². The molecule has 0 bridgehead atoms. The fourth-order valence-corrected chi connectivity index (χ4v) is 3.37. The number of ether oxygens (including phenoxy) is 1. The Balaban J connectivity index is 1.51. The molecule has 2 aliphatic heterocycles. The van der Waals surface area contributed by atoms with Crippen molar-refractivity contribution in [2.24, 2.45) is 0 Å². The Bertz CT molecular complexity index is 541. The average Bonchev–Trinajstić information content (AvgIpc) is 3.01. The number of ketones is 1. The quantitative estimate of drug-likeness (QED) is 0.770. The standard InChI is InChI=1S/C17H25N3O3/c1-19(2)13-5-7-20(10-13)8-6-15(21)12-3-4-16-14(9-12)18-17(22)11-23-16/h3-4,9,13-14,16H,5-8,10-11H2,1-2H3,(H,18,22). The second kappa shape index (κ2) is 6.95. The van der Waals surface area contributed by atoms with E-state index in [9.17, 15) is 9.59 Å². The van der Waals surface area contributed by atoms with Crippen molar-refractivity contribution in [1.29, 1.82) is 0 Å². The summed E-state index contributed by atoms with van der Waals surface area (Å²) in [5.41, 5.74) is 0.681. The third-order valence-corrected chi connectivity index (χ3v) is 4.87. The molecule has 0 aromatic heterocycles. The first-order valence-corrected chi connectivity index (χ1v) is 8.26. The van der Waals surface area contributed by atoms with E-state index in [1.165, 1.54) is 0 Å². The summed E-state index contributed by atoms with van der Waals surface area (Å²) >= 11 is 0. The van der Waals surface area contributed by atoms with Crippen LogP contribution in [0.3, 0.4) is 0 Å². The highest BCUT2D eigenvalue weighted by molar-refractivity contribution is 5.98. The molecule has 2 heterocycles. The predicted molar refractivity (Wildman–Crippen MR) is 87.0 cm³/mol. The van der Waals surface area contributed by atoms with Crippen molar-refractivity contribution in [3.05, 3.63) is 23.8 Å². The maximum atomic E-state index is 12.4. The van der Waals surface area contributed by atoms with Crippen LogP contribution in [0.15, 0.2) is 23.8 Å². The van der Waals surface area contributed by atoms with Gasteiger partial charge in [0.15, 0.2) is 5.78 Å². The smallest absolute Gasteiger partial charge is 0.246 e. The number of likely N-dealkylation sites (tertiary alicyclic amines) is 1. The average molecular weight is 319 g/mol. The summed E-state index contributed by atoms with van der Waals surface area (Å²) in [5.74, 6) is 0.00391. The molecule has 6 nitrogen and oxygen atoms in total. The summed E-state index contributed by atoms with van der Waals surface area (Å²) in [5, 5.41) is 2.86. The van der Waals surface area contributed by atoms with Crippen molar-refractivity contribution >= 4 is 11.7 Å². The third-order valence-electron chi connectivity index (χ3n) is 4.87. The SMILES string of the molecule is CN(C)C1CCN(CCC(=O)C2=CC3NC(=O)COC3C=C2)C1. The first-order chi connectivity index (χ1) is 11.0. The topological polar surface area (TPSA) is 61.9 Å². The van der Waals surface area contributed by atoms with Gasteiger partial charge in [-0.3, -0.25) is 9.59 Å². The molecule has 2 fully saturated rings. The van der Waals surface area contributed by atoms with E-state index in [2.05, 4.69) is 29.2 Å². The van der Waals surface area contributed by atoms with Crippen LogP contribution < -0.4 is 5.32 Å². The molecule has 0 radical (unpaired) electrons. The molecule has 2 saturated heterocycles. The van der Waals surface area contributed by atoms with Crippen LogP contribution in [0, 0.1) is 0 Å². The summed E-state index contributed by atoms with van der Waals surface area (Å²) in [4.78, 5) is 28.4. The lowest BCUT2D eigenvalue weighted by Gasteiger charge is -2.31. The first-order valence-electron chi connectivity index (χ1n) is 8.26. The van der Waals surface area contributed by atoms with Gasteiger partial charge in [0.1, 0.15) is 12.7 Å². The normalized spacial score (nSPS) is 31.0. The van der Waals surface area contributed by atoms with Crippen LogP contribution in [0.5, 0.6) is 0 Å². The molecule has 0 aromatic carbocycles. The number of hydrogen-bond donors (Lipinski definition) is 1. The molecule has 3 aliphatic rings. The number of amides is 1. The van der Waals surface area contributed by atoms with Gasteiger partial charge in [-0.1, -0.05) is 12.2 Å². The summed E-state index contributed by atoms with van der Waals surface area (Å²) < 4.78 is 5.43. The number of nitrogens with zero attached hydrogens (tertiary/aromatic N) is 2. The number of fused-ring (bicyclic) bond motifs is 1. The highest BCUT2D eigenvalue weighted by atomic mass is 16.5. The van der Waals surface area contributed by atoms with Gasteiger partial charge >= 0.3 is 0 Å². The van der Waals surface area contributed by atoms with Crippen molar-refractivity contribution in [1.82, 2.24) is 15.1 Å². The minimum absolute atomic E-state index is 0.0879. The van der Waals surface area contributed by atoms with Gasteiger partial charge in [0.05, 0.1) is 6.04 Å². The van der Waals surface area contributed by atoms with Crippen LogP contribution >= 0.6 is 0 Å². The van der Waals surface area contributed by atoms with E-state index in [0.29, 0.717) is 18.0 Å². The first kappa shape index (κ1) is 16.4. The van der Waals surface area contributed by atoms with Gasteiger partial charge in [0, 0.05) is 31.1 Å². The lowest BCUT2D eigenvalue weighted by atomic mass is 9.95. The Morgan fingerprint density at radius 1 is 1.48 bits per heavy atom. The number of rotatable bonds is 5. The van der Waals surface area contributed by atoms with Gasteiger partial charge in [-0.05, 0) is 33.1 Å². The molecule has 3 rings (SSSR count). The number of likely N-dealkylation sites (N-methyl/N-ethyl adjacent to an activating group) is 1. The van der Waals surface area contributed by atoms with Crippen LogP contribution in [0.1, 0.15) is 12.8 Å². The molecule has 0 spiro atoms. The van der Waals surface area contributed by atoms with Crippen molar-refractivity contribution in [2.45, 2.75) is 31.0 Å². The summed E-state index contributed by atoms with van der Waals surface area (Å²) in [6, 6.07) is 0.374. The molecule has 23 heavy (non-hydrogen) atoms. The molecule has 1 aliphatic carbocycles. The molecule has 0 aromatic rings. The number of carbonyl (C=O) groups excluding carboxylic acids is 2. The van der Waals surface area contributed by atoms with Crippen molar-refractivity contribution in [3.63, 3.8) is 0 Å². The molecule has 6 heteroatoms. The Labute approximate surface area is 137 Å². The molecular weight excluding hydrogens is 294 g/mol. The number of allylic oxidation sites excluding steroid dienone is 2. The molecule has 3 unspecified atom stereocenters. The van der Waals surface area contributed by atoms with Gasteiger partial charge in [-0.15, -0.1) is 0 Å². The predicted octanol–water partition coefficient (Wildman–Crippen LogP) is -0.0387. The highest BCUT2D eigenvalue weighted by Gasteiger charge is 2.30. The van der Waals surface area contributed by atoms with Crippen LogP contribution in [0.2, 0.25) is 0 Å². The number of carbonyl (C=O) groups is 2. The van der Waals surface area contributed by atoms with E-state index in [0.717, 1.165) is 26.1 Å². The molecule has 0 saturated carbocycles. The number of nitrogens with one attached hydrogen (secondary N) is 1. The Morgan fingerprint density at radius 3 is 3.04 bits per heavy atom.